The fourth-order valence-electron chi connectivity index (χ4n) is 1.55. The average Bonchev–Trinajstić information content (AvgIpc) is 2.96. The first-order valence-corrected chi connectivity index (χ1v) is 8.35. The second-order valence-corrected chi connectivity index (χ2v) is 7.52. The quantitative estimate of drug-likeness (QED) is 0.702. The van der Waals surface area contributed by atoms with Crippen molar-refractivity contribution in [3.63, 3.8) is 0 Å². The van der Waals surface area contributed by atoms with Gasteiger partial charge in [0.25, 0.3) is 5.91 Å². The first kappa shape index (κ1) is 16.6. The molecule has 0 aliphatic rings. The zero-order valence-electron chi connectivity index (χ0n) is 11.1. The van der Waals surface area contributed by atoms with Gasteiger partial charge < -0.3 is 15.5 Å². The molecule has 9 heteroatoms. The average molecular weight is 345 g/mol. The third-order valence-corrected chi connectivity index (χ3v) is 5.95. The molecule has 6 nitrogen and oxygen atoms in total. The van der Waals surface area contributed by atoms with Crippen LogP contribution in [0.25, 0.3) is 0 Å². The Kier molecular flexibility index (Phi) is 4.91. The molecule has 22 heavy (non-hydrogen) atoms. The smallest absolute Gasteiger partial charge is 0.256 e. The van der Waals surface area contributed by atoms with Gasteiger partial charge in [-0.05, 0) is 36.4 Å². The summed E-state index contributed by atoms with van der Waals surface area (Å²) in [6, 6.07) is 7.05. The largest absolute Gasteiger partial charge is 0.393 e. The number of aliphatic hydroxyl groups excluding tert-OH is 2. The summed E-state index contributed by atoms with van der Waals surface area (Å²) in [5.74, 6) is -1.38. The molecule has 3 N–H and O–H groups in total. The highest BCUT2D eigenvalue weighted by molar-refractivity contribution is 7.93. The number of aliphatic hydroxyl groups is 2. The molecule has 0 fully saturated rings. The van der Waals surface area contributed by atoms with E-state index in [4.69, 9.17) is 10.2 Å². The molecule has 2 rings (SSSR count). The summed E-state index contributed by atoms with van der Waals surface area (Å²) in [4.78, 5) is 11.3. The number of hydrogen-bond acceptors (Lipinski definition) is 6. The van der Waals surface area contributed by atoms with Crippen LogP contribution in [0.3, 0.4) is 0 Å². The number of carbonyl (C=O) groups excluding carboxylic acids is 1. The standard InChI is InChI=1S/C13H12FNO5S2/c14-8-1-3-9(4-2-8)22(19,20)12-6-5-11(21-12)15-13(18)10(17)7-16/h1-6,10,16-17H,7H2,(H,15,18). The van der Waals surface area contributed by atoms with Crippen LogP contribution in [0.5, 0.6) is 0 Å². The van der Waals surface area contributed by atoms with Crippen molar-refractivity contribution in [1.29, 1.82) is 0 Å². The molecule has 0 aliphatic carbocycles. The lowest BCUT2D eigenvalue weighted by atomic mass is 10.3. The molecular weight excluding hydrogens is 333 g/mol. The molecule has 1 amide bonds. The van der Waals surface area contributed by atoms with E-state index in [0.717, 1.165) is 35.6 Å². The second kappa shape index (κ2) is 6.53. The lowest BCUT2D eigenvalue weighted by Crippen LogP contribution is -2.30. The summed E-state index contributed by atoms with van der Waals surface area (Å²) in [7, 11) is -3.81. The number of carbonyl (C=O) groups is 1. The Hall–Kier alpha value is -1.81. The first-order valence-electron chi connectivity index (χ1n) is 6.05. The number of rotatable bonds is 5. The maximum absolute atomic E-state index is 12.9. The molecule has 0 saturated heterocycles. The minimum Gasteiger partial charge on any atom is -0.393 e. The lowest BCUT2D eigenvalue weighted by molar-refractivity contribution is -0.125. The minimum absolute atomic E-state index is 0.0344. The summed E-state index contributed by atoms with van der Waals surface area (Å²) < 4.78 is 37.5. The molecule has 1 unspecified atom stereocenters. The summed E-state index contributed by atoms with van der Waals surface area (Å²) in [6.07, 6.45) is -1.58. The first-order chi connectivity index (χ1) is 10.3. The van der Waals surface area contributed by atoms with Crippen LogP contribution < -0.4 is 5.32 Å². The van der Waals surface area contributed by atoms with Gasteiger partial charge in [0.05, 0.1) is 16.5 Å². The third kappa shape index (κ3) is 3.50. The van der Waals surface area contributed by atoms with Crippen LogP contribution in [0.2, 0.25) is 0 Å². The Morgan fingerprint density at radius 2 is 1.86 bits per heavy atom. The molecule has 1 aromatic heterocycles. The molecule has 0 aliphatic heterocycles. The van der Waals surface area contributed by atoms with E-state index in [9.17, 15) is 17.6 Å². The monoisotopic (exact) mass is 345 g/mol. The summed E-state index contributed by atoms with van der Waals surface area (Å²) in [5, 5.41) is 20.3. The van der Waals surface area contributed by atoms with Crippen LogP contribution in [-0.2, 0) is 14.6 Å². The maximum atomic E-state index is 12.9. The molecule has 1 aromatic carbocycles. The van der Waals surface area contributed by atoms with Crippen LogP contribution in [-0.4, -0.2) is 37.2 Å². The van der Waals surface area contributed by atoms with Gasteiger partial charge >= 0.3 is 0 Å². The van der Waals surface area contributed by atoms with E-state index < -0.39 is 34.3 Å². The van der Waals surface area contributed by atoms with Gasteiger partial charge in [-0.1, -0.05) is 0 Å². The third-order valence-electron chi connectivity index (χ3n) is 2.69. The fraction of sp³-hybridized carbons (Fsp3) is 0.154. The van der Waals surface area contributed by atoms with E-state index in [1.165, 1.54) is 12.1 Å². The van der Waals surface area contributed by atoms with Crippen molar-refractivity contribution in [3.05, 3.63) is 42.2 Å². The van der Waals surface area contributed by atoms with Crippen LogP contribution in [0, 0.1) is 5.82 Å². The minimum atomic E-state index is -3.81. The van der Waals surface area contributed by atoms with Crippen molar-refractivity contribution in [2.75, 3.05) is 11.9 Å². The highest BCUT2D eigenvalue weighted by Gasteiger charge is 2.21. The van der Waals surface area contributed by atoms with Crippen LogP contribution >= 0.6 is 11.3 Å². The molecule has 1 heterocycles. The normalized spacial score (nSPS) is 12.9. The van der Waals surface area contributed by atoms with Gasteiger partial charge in [-0.15, -0.1) is 11.3 Å². The molecule has 0 spiro atoms. The molecule has 2 aromatic rings. The number of amides is 1. The highest BCUT2D eigenvalue weighted by Crippen LogP contribution is 2.30. The SMILES string of the molecule is O=C(Nc1ccc(S(=O)(=O)c2ccc(F)cc2)s1)C(O)CO. The number of sulfone groups is 1. The van der Waals surface area contributed by atoms with Crippen molar-refractivity contribution in [1.82, 2.24) is 0 Å². The number of nitrogens with one attached hydrogen (secondary N) is 1. The van der Waals surface area contributed by atoms with E-state index in [2.05, 4.69) is 5.32 Å². The molecule has 118 valence electrons. The molecule has 0 saturated carbocycles. The van der Waals surface area contributed by atoms with Gasteiger partial charge in [0.1, 0.15) is 10.0 Å². The molecular formula is C13H12FNO5S2. The maximum Gasteiger partial charge on any atom is 0.256 e. The van der Waals surface area contributed by atoms with Crippen molar-refractivity contribution in [3.8, 4) is 0 Å². The van der Waals surface area contributed by atoms with Gasteiger partial charge in [0.15, 0.2) is 6.10 Å². The summed E-state index contributed by atoms with van der Waals surface area (Å²) in [6.45, 7) is -0.738. The lowest BCUT2D eigenvalue weighted by Gasteiger charge is -2.06. The molecule has 1 atom stereocenters. The Labute approximate surface area is 129 Å². The van der Waals surface area contributed by atoms with Gasteiger partial charge in [-0.3, -0.25) is 4.79 Å². The Morgan fingerprint density at radius 3 is 2.45 bits per heavy atom. The van der Waals surface area contributed by atoms with Crippen LogP contribution in [0.1, 0.15) is 0 Å². The summed E-state index contributed by atoms with van der Waals surface area (Å²) in [5.41, 5.74) is 0. The number of halogens is 1. The van der Waals surface area contributed by atoms with Crippen LogP contribution in [0.4, 0.5) is 9.39 Å². The zero-order valence-corrected chi connectivity index (χ0v) is 12.7. The van der Waals surface area contributed by atoms with Gasteiger partial charge in [0.2, 0.25) is 9.84 Å². The van der Waals surface area contributed by atoms with Crippen LogP contribution in [0.15, 0.2) is 45.5 Å². The topological polar surface area (TPSA) is 104 Å². The molecule has 0 bridgehead atoms. The van der Waals surface area contributed by atoms with Gasteiger partial charge in [-0.25, -0.2) is 12.8 Å². The van der Waals surface area contributed by atoms with Crippen molar-refractivity contribution >= 4 is 32.1 Å². The zero-order chi connectivity index (χ0) is 16.3. The van der Waals surface area contributed by atoms with E-state index in [-0.39, 0.29) is 14.1 Å². The van der Waals surface area contributed by atoms with E-state index in [0.29, 0.717) is 0 Å². The molecule has 0 radical (unpaired) electrons. The second-order valence-electron chi connectivity index (χ2n) is 4.26. The number of thiophene rings is 1. The number of hydrogen-bond donors (Lipinski definition) is 3. The van der Waals surface area contributed by atoms with Crippen molar-refractivity contribution < 1.29 is 27.8 Å². The van der Waals surface area contributed by atoms with Crippen molar-refractivity contribution in [2.45, 2.75) is 15.2 Å². The summed E-state index contributed by atoms with van der Waals surface area (Å²) >= 11 is 0.789. The van der Waals surface area contributed by atoms with Crippen molar-refractivity contribution in [2.24, 2.45) is 0 Å². The predicted octanol–water partition coefficient (Wildman–Crippen LogP) is 1.01. The van der Waals surface area contributed by atoms with Gasteiger partial charge in [-0.2, -0.15) is 0 Å². The Bertz CT molecular complexity index is 770. The van der Waals surface area contributed by atoms with E-state index in [1.54, 1.807) is 0 Å². The predicted molar refractivity (Wildman–Crippen MR) is 77.9 cm³/mol. The fourth-order valence-corrected chi connectivity index (χ4v) is 4.16. The Balaban J connectivity index is 2.23. The van der Waals surface area contributed by atoms with Gasteiger partial charge in [0, 0.05) is 0 Å². The van der Waals surface area contributed by atoms with E-state index in [1.807, 2.05) is 0 Å². The highest BCUT2D eigenvalue weighted by atomic mass is 32.2. The number of benzene rings is 1. The Morgan fingerprint density at radius 1 is 1.23 bits per heavy atom. The number of anilines is 1. The van der Waals surface area contributed by atoms with E-state index >= 15 is 0 Å².